The number of benzene rings is 1. The molecule has 2 N–H and O–H groups in total. The maximum atomic E-state index is 11.1. The first-order valence-corrected chi connectivity index (χ1v) is 7.18. The summed E-state index contributed by atoms with van der Waals surface area (Å²) >= 11 is 0. The predicted molar refractivity (Wildman–Crippen MR) is 77.9 cm³/mol. The molecule has 1 fully saturated rings. The minimum absolute atomic E-state index is 0.409. The van der Waals surface area contributed by atoms with Crippen molar-refractivity contribution in [2.24, 2.45) is 0 Å². The van der Waals surface area contributed by atoms with Crippen LogP contribution in [0, 0.1) is 0 Å². The second-order valence-electron chi connectivity index (χ2n) is 5.44. The Hall–Kier alpha value is -1.39. The lowest BCUT2D eigenvalue weighted by molar-refractivity contribution is -0.139. The molecule has 1 aromatic carbocycles. The van der Waals surface area contributed by atoms with Crippen molar-refractivity contribution >= 4 is 5.97 Å². The number of carbonyl (C=O) groups is 1. The van der Waals surface area contributed by atoms with Crippen LogP contribution in [0.3, 0.4) is 0 Å². The summed E-state index contributed by atoms with van der Waals surface area (Å²) < 4.78 is 5.39. The highest BCUT2D eigenvalue weighted by atomic mass is 16.5. The standard InChI is InChI=1S/C16H23NO3/c1-17-15(16(18)19)13-5-3-11(4-6-13)12-7-9-14(20-2)10-8-12/h3-6,12,14-15,17H,7-10H2,1-2H3,(H,18,19). The van der Waals surface area contributed by atoms with Gasteiger partial charge < -0.3 is 15.2 Å². The van der Waals surface area contributed by atoms with Gasteiger partial charge in [-0.3, -0.25) is 4.79 Å². The molecule has 0 aromatic heterocycles. The topological polar surface area (TPSA) is 58.6 Å². The molecule has 1 atom stereocenters. The van der Waals surface area contributed by atoms with Gasteiger partial charge in [0.1, 0.15) is 6.04 Å². The normalized spacial score (nSPS) is 24.3. The van der Waals surface area contributed by atoms with Crippen LogP contribution in [-0.2, 0) is 9.53 Å². The zero-order chi connectivity index (χ0) is 14.5. The van der Waals surface area contributed by atoms with E-state index < -0.39 is 12.0 Å². The molecule has 1 aromatic rings. The van der Waals surface area contributed by atoms with Gasteiger partial charge in [-0.25, -0.2) is 0 Å². The summed E-state index contributed by atoms with van der Waals surface area (Å²) in [6.45, 7) is 0. The number of hydrogen-bond donors (Lipinski definition) is 2. The first-order valence-electron chi connectivity index (χ1n) is 7.18. The fraction of sp³-hybridized carbons (Fsp3) is 0.562. The van der Waals surface area contributed by atoms with Crippen molar-refractivity contribution < 1.29 is 14.6 Å². The summed E-state index contributed by atoms with van der Waals surface area (Å²) in [5.41, 5.74) is 2.11. The Kier molecular flexibility index (Phi) is 5.15. The van der Waals surface area contributed by atoms with Gasteiger partial charge in [0.25, 0.3) is 0 Å². The number of carboxylic acid groups (broad SMARTS) is 1. The van der Waals surface area contributed by atoms with Crippen molar-refractivity contribution in [1.29, 1.82) is 0 Å². The highest BCUT2D eigenvalue weighted by Crippen LogP contribution is 2.34. The smallest absolute Gasteiger partial charge is 0.325 e. The molecule has 0 bridgehead atoms. The molecule has 110 valence electrons. The lowest BCUT2D eigenvalue weighted by Gasteiger charge is -2.28. The third kappa shape index (κ3) is 3.38. The Labute approximate surface area is 120 Å². The van der Waals surface area contributed by atoms with Crippen LogP contribution in [0.1, 0.15) is 48.8 Å². The minimum Gasteiger partial charge on any atom is -0.480 e. The third-order valence-corrected chi connectivity index (χ3v) is 4.28. The molecule has 0 radical (unpaired) electrons. The first kappa shape index (κ1) is 15.0. The minimum atomic E-state index is -0.846. The predicted octanol–water partition coefficient (Wildman–Crippen LogP) is 2.70. The summed E-state index contributed by atoms with van der Waals surface area (Å²) in [7, 11) is 3.45. The number of ether oxygens (including phenoxy) is 1. The summed E-state index contributed by atoms with van der Waals surface area (Å²) in [5, 5.41) is 11.9. The zero-order valence-corrected chi connectivity index (χ0v) is 12.1. The van der Waals surface area contributed by atoms with Crippen LogP contribution in [0.5, 0.6) is 0 Å². The van der Waals surface area contributed by atoms with Crippen LogP contribution in [-0.4, -0.2) is 31.3 Å². The van der Waals surface area contributed by atoms with E-state index in [9.17, 15) is 4.79 Å². The molecule has 1 aliphatic carbocycles. The third-order valence-electron chi connectivity index (χ3n) is 4.28. The van der Waals surface area contributed by atoms with E-state index in [2.05, 4.69) is 17.4 Å². The van der Waals surface area contributed by atoms with E-state index in [1.165, 1.54) is 5.56 Å². The van der Waals surface area contributed by atoms with Crippen molar-refractivity contribution in [2.75, 3.05) is 14.2 Å². The highest BCUT2D eigenvalue weighted by Gasteiger charge is 2.23. The maximum absolute atomic E-state index is 11.1. The maximum Gasteiger partial charge on any atom is 0.325 e. The van der Waals surface area contributed by atoms with Gasteiger partial charge in [0.15, 0.2) is 0 Å². The fourth-order valence-electron chi connectivity index (χ4n) is 3.03. The number of methoxy groups -OCH3 is 1. The molecule has 0 heterocycles. The van der Waals surface area contributed by atoms with Crippen molar-refractivity contribution in [1.82, 2.24) is 5.32 Å². The largest absolute Gasteiger partial charge is 0.480 e. The molecule has 0 saturated heterocycles. The van der Waals surface area contributed by atoms with E-state index in [4.69, 9.17) is 9.84 Å². The zero-order valence-electron chi connectivity index (χ0n) is 12.1. The van der Waals surface area contributed by atoms with Gasteiger partial charge >= 0.3 is 5.97 Å². The number of rotatable bonds is 5. The molecular weight excluding hydrogens is 254 g/mol. The van der Waals surface area contributed by atoms with Crippen molar-refractivity contribution in [3.63, 3.8) is 0 Å². The molecule has 4 nitrogen and oxygen atoms in total. The lowest BCUT2D eigenvalue weighted by Crippen LogP contribution is -2.25. The average molecular weight is 277 g/mol. The van der Waals surface area contributed by atoms with Crippen LogP contribution in [0.25, 0.3) is 0 Å². The van der Waals surface area contributed by atoms with Crippen molar-refractivity contribution in [3.8, 4) is 0 Å². The van der Waals surface area contributed by atoms with Crippen LogP contribution < -0.4 is 5.32 Å². The second kappa shape index (κ2) is 6.86. The van der Waals surface area contributed by atoms with Crippen LogP contribution in [0.4, 0.5) is 0 Å². The van der Waals surface area contributed by atoms with Gasteiger partial charge in [0.2, 0.25) is 0 Å². The molecule has 1 aliphatic rings. The van der Waals surface area contributed by atoms with Crippen LogP contribution >= 0.6 is 0 Å². The van der Waals surface area contributed by atoms with Crippen molar-refractivity contribution in [2.45, 2.75) is 43.7 Å². The number of likely N-dealkylation sites (N-methyl/N-ethyl adjacent to an activating group) is 1. The summed E-state index contributed by atoms with van der Waals surface area (Å²) in [5.74, 6) is -0.269. The van der Waals surface area contributed by atoms with E-state index >= 15 is 0 Å². The number of nitrogens with one attached hydrogen (secondary N) is 1. The number of aliphatic carboxylic acids is 1. The molecule has 4 heteroatoms. The molecule has 2 rings (SSSR count). The van der Waals surface area contributed by atoms with Gasteiger partial charge in [-0.1, -0.05) is 24.3 Å². The van der Waals surface area contributed by atoms with E-state index in [0.717, 1.165) is 31.2 Å². The van der Waals surface area contributed by atoms with Gasteiger partial charge in [0, 0.05) is 7.11 Å². The Balaban J connectivity index is 2.03. The number of carboxylic acids is 1. The van der Waals surface area contributed by atoms with Crippen LogP contribution in [0.2, 0.25) is 0 Å². The van der Waals surface area contributed by atoms with E-state index in [1.807, 2.05) is 12.1 Å². The Morgan fingerprint density at radius 1 is 1.25 bits per heavy atom. The van der Waals surface area contributed by atoms with Crippen molar-refractivity contribution in [3.05, 3.63) is 35.4 Å². The second-order valence-corrected chi connectivity index (χ2v) is 5.44. The molecule has 20 heavy (non-hydrogen) atoms. The Bertz CT molecular complexity index is 436. The molecule has 1 unspecified atom stereocenters. The van der Waals surface area contributed by atoms with Gasteiger partial charge in [-0.05, 0) is 49.8 Å². The van der Waals surface area contributed by atoms with Gasteiger partial charge in [-0.15, -0.1) is 0 Å². The molecule has 0 aliphatic heterocycles. The summed E-state index contributed by atoms with van der Waals surface area (Å²) in [6, 6.07) is 7.36. The fourth-order valence-corrected chi connectivity index (χ4v) is 3.03. The average Bonchev–Trinajstić information content (AvgIpc) is 2.48. The van der Waals surface area contributed by atoms with Gasteiger partial charge in [0.05, 0.1) is 6.10 Å². The highest BCUT2D eigenvalue weighted by molar-refractivity contribution is 5.75. The molecular formula is C16H23NO3. The first-order chi connectivity index (χ1) is 9.65. The van der Waals surface area contributed by atoms with E-state index in [-0.39, 0.29) is 0 Å². The van der Waals surface area contributed by atoms with Gasteiger partial charge in [-0.2, -0.15) is 0 Å². The quantitative estimate of drug-likeness (QED) is 0.869. The van der Waals surface area contributed by atoms with E-state index in [0.29, 0.717) is 12.0 Å². The van der Waals surface area contributed by atoms with E-state index in [1.54, 1.807) is 14.2 Å². The summed E-state index contributed by atoms with van der Waals surface area (Å²) in [4.78, 5) is 11.1. The molecule has 0 spiro atoms. The monoisotopic (exact) mass is 277 g/mol. The molecule has 1 saturated carbocycles. The SMILES string of the molecule is CNC(C(=O)O)c1ccc(C2CCC(OC)CC2)cc1. The Morgan fingerprint density at radius 2 is 1.85 bits per heavy atom. The lowest BCUT2D eigenvalue weighted by atomic mass is 9.82. The molecule has 0 amide bonds. The number of hydrogen-bond acceptors (Lipinski definition) is 3. The Morgan fingerprint density at radius 3 is 2.30 bits per heavy atom. The summed E-state index contributed by atoms with van der Waals surface area (Å²) in [6.07, 6.45) is 4.92. The van der Waals surface area contributed by atoms with Crippen LogP contribution in [0.15, 0.2) is 24.3 Å².